The zero-order valence-electron chi connectivity index (χ0n) is 12.8. The van der Waals surface area contributed by atoms with Crippen molar-refractivity contribution in [1.82, 2.24) is 4.90 Å². The molecular weight excluding hydrogens is 266 g/mol. The largest absolute Gasteiger partial charge is 0.486 e. The first-order valence-corrected chi connectivity index (χ1v) is 8.02. The van der Waals surface area contributed by atoms with Crippen molar-refractivity contribution in [2.24, 2.45) is 0 Å². The van der Waals surface area contributed by atoms with E-state index >= 15 is 0 Å². The summed E-state index contributed by atoms with van der Waals surface area (Å²) in [5.41, 5.74) is 0.905. The number of nitrogens with zero attached hydrogens (tertiary/aromatic N) is 1. The number of aliphatic hydroxyl groups is 1. The highest BCUT2D eigenvalue weighted by Gasteiger charge is 2.22. The van der Waals surface area contributed by atoms with Crippen LogP contribution in [0.3, 0.4) is 0 Å². The average molecular weight is 291 g/mol. The first kappa shape index (κ1) is 14.7. The quantitative estimate of drug-likeness (QED) is 0.926. The summed E-state index contributed by atoms with van der Waals surface area (Å²) in [4.78, 5) is 2.31. The van der Waals surface area contributed by atoms with Crippen molar-refractivity contribution >= 4 is 0 Å². The van der Waals surface area contributed by atoms with Crippen LogP contribution in [0.15, 0.2) is 18.2 Å². The predicted octanol–water partition coefficient (Wildman–Crippen LogP) is 2.76. The van der Waals surface area contributed by atoms with Crippen LogP contribution in [0.1, 0.15) is 43.8 Å². The molecule has 2 aliphatic rings. The fourth-order valence-electron chi connectivity index (χ4n) is 3.32. The van der Waals surface area contributed by atoms with E-state index in [2.05, 4.69) is 11.9 Å². The third kappa shape index (κ3) is 3.50. The first-order valence-electron chi connectivity index (χ1n) is 8.02. The molecule has 1 aromatic carbocycles. The predicted molar refractivity (Wildman–Crippen MR) is 81.9 cm³/mol. The maximum absolute atomic E-state index is 10.5. The highest BCUT2D eigenvalue weighted by Crippen LogP contribution is 2.33. The van der Waals surface area contributed by atoms with Gasteiger partial charge in [0.05, 0.1) is 6.10 Å². The van der Waals surface area contributed by atoms with Crippen LogP contribution < -0.4 is 9.47 Å². The molecule has 1 heterocycles. The van der Waals surface area contributed by atoms with E-state index in [1.807, 2.05) is 18.2 Å². The van der Waals surface area contributed by atoms with Crippen LogP contribution >= 0.6 is 0 Å². The second-order valence-electron chi connectivity index (χ2n) is 6.15. The number of likely N-dealkylation sites (N-methyl/N-ethyl adjacent to an activating group) is 1. The van der Waals surface area contributed by atoms with Gasteiger partial charge in [0.2, 0.25) is 0 Å². The molecule has 1 fully saturated rings. The Morgan fingerprint density at radius 1 is 1.14 bits per heavy atom. The first-order chi connectivity index (χ1) is 10.2. The lowest BCUT2D eigenvalue weighted by Gasteiger charge is -2.32. The highest BCUT2D eigenvalue weighted by molar-refractivity contribution is 5.44. The Balaban J connectivity index is 1.63. The summed E-state index contributed by atoms with van der Waals surface area (Å²) in [7, 11) is 2.12. The second kappa shape index (κ2) is 6.67. The minimum absolute atomic E-state index is 0.479. The molecule has 1 saturated carbocycles. The maximum atomic E-state index is 10.5. The molecule has 1 atom stereocenters. The van der Waals surface area contributed by atoms with Gasteiger partial charge >= 0.3 is 0 Å². The fourth-order valence-corrected chi connectivity index (χ4v) is 3.32. The van der Waals surface area contributed by atoms with Crippen molar-refractivity contribution in [1.29, 1.82) is 0 Å². The van der Waals surface area contributed by atoms with Gasteiger partial charge in [-0.15, -0.1) is 0 Å². The number of rotatable bonds is 4. The lowest BCUT2D eigenvalue weighted by Crippen LogP contribution is -2.36. The summed E-state index contributed by atoms with van der Waals surface area (Å²) in [6.45, 7) is 1.85. The molecule has 0 aromatic heterocycles. The van der Waals surface area contributed by atoms with Gasteiger partial charge in [-0.05, 0) is 37.6 Å². The van der Waals surface area contributed by atoms with E-state index < -0.39 is 6.10 Å². The highest BCUT2D eigenvalue weighted by atomic mass is 16.6. The standard InChI is InChI=1S/C17H25NO3/c1-18(14-5-3-2-4-6-14)12-15(19)13-7-8-16-17(11-13)21-10-9-20-16/h7-8,11,14-15,19H,2-6,9-10,12H2,1H3. The zero-order valence-corrected chi connectivity index (χ0v) is 12.8. The number of hydrogen-bond acceptors (Lipinski definition) is 4. The molecule has 0 spiro atoms. The molecule has 1 unspecified atom stereocenters. The molecule has 1 aliphatic carbocycles. The summed E-state index contributed by atoms with van der Waals surface area (Å²) in [5.74, 6) is 1.52. The van der Waals surface area contributed by atoms with Gasteiger partial charge < -0.3 is 19.5 Å². The van der Waals surface area contributed by atoms with Gasteiger partial charge in [0.1, 0.15) is 13.2 Å². The Morgan fingerprint density at radius 2 is 1.86 bits per heavy atom. The van der Waals surface area contributed by atoms with Crippen molar-refractivity contribution in [3.05, 3.63) is 23.8 Å². The second-order valence-corrected chi connectivity index (χ2v) is 6.15. The molecule has 116 valence electrons. The molecule has 1 aromatic rings. The molecule has 0 saturated heterocycles. The van der Waals surface area contributed by atoms with Crippen molar-refractivity contribution < 1.29 is 14.6 Å². The van der Waals surface area contributed by atoms with E-state index in [9.17, 15) is 5.11 Å². The maximum Gasteiger partial charge on any atom is 0.161 e. The molecule has 0 bridgehead atoms. The van der Waals surface area contributed by atoms with Gasteiger partial charge in [-0.25, -0.2) is 0 Å². The van der Waals surface area contributed by atoms with Crippen LogP contribution in [0.4, 0.5) is 0 Å². The number of hydrogen-bond donors (Lipinski definition) is 1. The van der Waals surface area contributed by atoms with Gasteiger partial charge in [-0.1, -0.05) is 25.3 Å². The fraction of sp³-hybridized carbons (Fsp3) is 0.647. The van der Waals surface area contributed by atoms with Crippen LogP contribution in [-0.4, -0.2) is 42.9 Å². The average Bonchev–Trinajstić information content (AvgIpc) is 2.55. The van der Waals surface area contributed by atoms with Crippen LogP contribution in [-0.2, 0) is 0 Å². The molecule has 4 nitrogen and oxygen atoms in total. The van der Waals surface area contributed by atoms with E-state index in [4.69, 9.17) is 9.47 Å². The van der Waals surface area contributed by atoms with Crippen molar-refractivity contribution in [3.8, 4) is 11.5 Å². The van der Waals surface area contributed by atoms with E-state index in [1.165, 1.54) is 32.1 Å². The Kier molecular flexibility index (Phi) is 4.66. The number of fused-ring (bicyclic) bond motifs is 1. The topological polar surface area (TPSA) is 41.9 Å². The normalized spacial score (nSPS) is 20.5. The van der Waals surface area contributed by atoms with Gasteiger partial charge in [-0.2, -0.15) is 0 Å². The third-order valence-electron chi connectivity index (χ3n) is 4.61. The number of benzene rings is 1. The Bertz CT molecular complexity index is 471. The number of aliphatic hydroxyl groups excluding tert-OH is 1. The zero-order chi connectivity index (χ0) is 14.7. The monoisotopic (exact) mass is 291 g/mol. The minimum atomic E-state index is -0.479. The Morgan fingerprint density at radius 3 is 2.62 bits per heavy atom. The molecule has 21 heavy (non-hydrogen) atoms. The van der Waals surface area contributed by atoms with E-state index in [-0.39, 0.29) is 0 Å². The van der Waals surface area contributed by atoms with Gasteiger partial charge in [0.15, 0.2) is 11.5 Å². The molecule has 1 N–H and O–H groups in total. The SMILES string of the molecule is CN(CC(O)c1ccc2c(c1)OCCO2)C1CCCCC1. The van der Waals surface area contributed by atoms with E-state index in [1.54, 1.807) is 0 Å². The smallest absolute Gasteiger partial charge is 0.161 e. The molecule has 3 rings (SSSR count). The van der Waals surface area contributed by atoms with E-state index in [0.29, 0.717) is 25.8 Å². The summed E-state index contributed by atoms with van der Waals surface area (Å²) in [6.07, 6.45) is 6.02. The third-order valence-corrected chi connectivity index (χ3v) is 4.61. The summed E-state index contributed by atoms with van der Waals surface area (Å²) in [5, 5.41) is 10.5. The summed E-state index contributed by atoms with van der Waals surface area (Å²) < 4.78 is 11.1. The van der Waals surface area contributed by atoms with Crippen LogP contribution in [0.2, 0.25) is 0 Å². The molecular formula is C17H25NO3. The minimum Gasteiger partial charge on any atom is -0.486 e. The van der Waals surface area contributed by atoms with Crippen LogP contribution in [0.25, 0.3) is 0 Å². The Hall–Kier alpha value is -1.26. The van der Waals surface area contributed by atoms with E-state index in [0.717, 1.165) is 17.1 Å². The van der Waals surface area contributed by atoms with Gasteiger partial charge in [-0.3, -0.25) is 0 Å². The van der Waals surface area contributed by atoms with Crippen molar-refractivity contribution in [2.75, 3.05) is 26.8 Å². The Labute approximate surface area is 126 Å². The molecule has 1 aliphatic heterocycles. The summed E-state index contributed by atoms with van der Waals surface area (Å²) >= 11 is 0. The van der Waals surface area contributed by atoms with Crippen molar-refractivity contribution in [2.45, 2.75) is 44.2 Å². The van der Waals surface area contributed by atoms with Crippen molar-refractivity contribution in [3.63, 3.8) is 0 Å². The molecule has 4 heteroatoms. The molecule has 0 amide bonds. The molecule has 0 radical (unpaired) electrons. The summed E-state index contributed by atoms with van der Waals surface area (Å²) in [6, 6.07) is 6.36. The van der Waals surface area contributed by atoms with Crippen LogP contribution in [0.5, 0.6) is 11.5 Å². The number of ether oxygens (including phenoxy) is 2. The van der Waals surface area contributed by atoms with Crippen LogP contribution in [0, 0.1) is 0 Å². The van der Waals surface area contributed by atoms with Gasteiger partial charge in [0.25, 0.3) is 0 Å². The lowest BCUT2D eigenvalue weighted by molar-refractivity contribution is 0.0908. The lowest BCUT2D eigenvalue weighted by atomic mass is 9.94. The van der Waals surface area contributed by atoms with Gasteiger partial charge in [0, 0.05) is 12.6 Å².